The number of carbonyl (C=O) groups is 1. The van der Waals surface area contributed by atoms with Gasteiger partial charge in [-0.1, -0.05) is 0 Å². The highest BCUT2D eigenvalue weighted by atomic mass is 79.9. The number of nitrogens with two attached hydrogens (primary N) is 1. The Kier molecular flexibility index (Phi) is 4.67. The SMILES string of the molecule is CCn1nc(C)c(Br)c1CC(=O)c1ccnc(CN)c1. The molecule has 0 radical (unpaired) electrons. The molecule has 2 heterocycles. The first-order valence-corrected chi connectivity index (χ1v) is 7.26. The number of aryl methyl sites for hydroxylation is 2. The Morgan fingerprint density at radius 1 is 1.50 bits per heavy atom. The molecule has 0 aromatic carbocycles. The van der Waals surface area contributed by atoms with Crippen molar-refractivity contribution in [1.82, 2.24) is 14.8 Å². The fourth-order valence-corrected chi connectivity index (χ4v) is 2.48. The van der Waals surface area contributed by atoms with E-state index in [0.717, 1.165) is 28.1 Å². The molecule has 0 aliphatic heterocycles. The van der Waals surface area contributed by atoms with Gasteiger partial charge in [-0.2, -0.15) is 5.10 Å². The van der Waals surface area contributed by atoms with E-state index in [1.165, 1.54) is 0 Å². The van der Waals surface area contributed by atoms with E-state index in [2.05, 4.69) is 26.0 Å². The van der Waals surface area contributed by atoms with Crippen molar-refractivity contribution in [2.24, 2.45) is 5.73 Å². The number of aromatic nitrogens is 3. The minimum Gasteiger partial charge on any atom is -0.325 e. The highest BCUT2D eigenvalue weighted by molar-refractivity contribution is 9.10. The summed E-state index contributed by atoms with van der Waals surface area (Å²) in [6, 6.07) is 3.46. The van der Waals surface area contributed by atoms with Gasteiger partial charge in [0.05, 0.1) is 28.0 Å². The number of Topliss-reactive ketones (excluding diaryl/α,β-unsaturated/α-hetero) is 1. The van der Waals surface area contributed by atoms with E-state index in [1.54, 1.807) is 18.3 Å². The number of rotatable bonds is 5. The van der Waals surface area contributed by atoms with Crippen molar-refractivity contribution >= 4 is 21.7 Å². The second-order valence-electron chi connectivity index (χ2n) is 4.50. The minimum absolute atomic E-state index is 0.0393. The predicted molar refractivity (Wildman–Crippen MR) is 80.5 cm³/mol. The van der Waals surface area contributed by atoms with Crippen LogP contribution in [0.5, 0.6) is 0 Å². The molecule has 2 rings (SSSR count). The maximum atomic E-state index is 12.4. The Balaban J connectivity index is 2.27. The molecule has 0 bridgehead atoms. The van der Waals surface area contributed by atoms with Crippen LogP contribution in [0.1, 0.15) is 34.4 Å². The topological polar surface area (TPSA) is 73.8 Å². The normalized spacial score (nSPS) is 10.8. The number of halogens is 1. The van der Waals surface area contributed by atoms with Gasteiger partial charge in [-0.25, -0.2) is 0 Å². The molecule has 0 spiro atoms. The van der Waals surface area contributed by atoms with Gasteiger partial charge in [-0.05, 0) is 41.9 Å². The van der Waals surface area contributed by atoms with Gasteiger partial charge in [-0.15, -0.1) is 0 Å². The lowest BCUT2D eigenvalue weighted by atomic mass is 10.1. The third kappa shape index (κ3) is 2.96. The van der Waals surface area contributed by atoms with Crippen molar-refractivity contribution in [3.63, 3.8) is 0 Å². The summed E-state index contributed by atoms with van der Waals surface area (Å²) in [5.41, 5.74) is 8.70. The lowest BCUT2D eigenvalue weighted by Crippen LogP contribution is -2.11. The molecule has 2 aromatic heterocycles. The number of ketones is 1. The van der Waals surface area contributed by atoms with Gasteiger partial charge in [0.15, 0.2) is 5.78 Å². The molecule has 0 aliphatic rings. The molecule has 0 saturated heterocycles. The van der Waals surface area contributed by atoms with E-state index in [4.69, 9.17) is 5.73 Å². The first kappa shape index (κ1) is 14.9. The molecule has 2 aromatic rings. The van der Waals surface area contributed by atoms with Crippen molar-refractivity contribution < 1.29 is 4.79 Å². The molecule has 0 aliphatic carbocycles. The van der Waals surface area contributed by atoms with E-state index in [1.807, 2.05) is 18.5 Å². The molecule has 20 heavy (non-hydrogen) atoms. The zero-order valence-electron chi connectivity index (χ0n) is 11.6. The van der Waals surface area contributed by atoms with Crippen LogP contribution in [0, 0.1) is 6.92 Å². The molecule has 0 unspecified atom stereocenters. The molecular weight excluding hydrogens is 320 g/mol. The lowest BCUT2D eigenvalue weighted by Gasteiger charge is -2.06. The third-order valence-corrected chi connectivity index (χ3v) is 4.16. The standard InChI is InChI=1S/C14H17BrN4O/c1-3-19-12(14(15)9(2)18-19)7-13(20)10-4-5-17-11(6-10)8-16/h4-6H,3,7-8,16H2,1-2H3. The maximum Gasteiger partial charge on any atom is 0.168 e. The maximum absolute atomic E-state index is 12.4. The van der Waals surface area contributed by atoms with Crippen LogP contribution in [-0.4, -0.2) is 20.5 Å². The van der Waals surface area contributed by atoms with Crippen LogP contribution in [-0.2, 0) is 19.5 Å². The van der Waals surface area contributed by atoms with E-state index in [9.17, 15) is 4.79 Å². The fraction of sp³-hybridized carbons (Fsp3) is 0.357. The fourth-order valence-electron chi connectivity index (χ4n) is 2.06. The molecule has 106 valence electrons. The molecule has 0 fully saturated rings. The van der Waals surface area contributed by atoms with Crippen LogP contribution in [0.4, 0.5) is 0 Å². The van der Waals surface area contributed by atoms with Crippen molar-refractivity contribution in [1.29, 1.82) is 0 Å². The molecule has 2 N–H and O–H groups in total. The van der Waals surface area contributed by atoms with E-state index in [0.29, 0.717) is 18.5 Å². The molecular formula is C14H17BrN4O. The molecule has 0 amide bonds. The third-order valence-electron chi connectivity index (χ3n) is 3.13. The van der Waals surface area contributed by atoms with Gasteiger partial charge in [0.2, 0.25) is 0 Å². The van der Waals surface area contributed by atoms with E-state index in [-0.39, 0.29) is 5.78 Å². The number of hydrogen-bond donors (Lipinski definition) is 1. The Bertz CT molecular complexity index is 636. The van der Waals surface area contributed by atoms with Crippen LogP contribution >= 0.6 is 15.9 Å². The van der Waals surface area contributed by atoms with Gasteiger partial charge >= 0.3 is 0 Å². The monoisotopic (exact) mass is 336 g/mol. The van der Waals surface area contributed by atoms with Crippen LogP contribution in [0.15, 0.2) is 22.8 Å². The predicted octanol–water partition coefficient (Wildman–Crippen LogP) is 2.25. The average Bonchev–Trinajstić information content (AvgIpc) is 2.75. The summed E-state index contributed by atoms with van der Waals surface area (Å²) in [7, 11) is 0. The zero-order valence-corrected chi connectivity index (χ0v) is 13.1. The Morgan fingerprint density at radius 2 is 2.25 bits per heavy atom. The minimum atomic E-state index is 0.0393. The summed E-state index contributed by atoms with van der Waals surface area (Å²) in [5.74, 6) is 0.0393. The second-order valence-corrected chi connectivity index (χ2v) is 5.29. The summed E-state index contributed by atoms with van der Waals surface area (Å²) < 4.78 is 2.75. The molecule has 5 nitrogen and oxygen atoms in total. The Hall–Kier alpha value is -1.53. The van der Waals surface area contributed by atoms with Crippen molar-refractivity contribution in [3.05, 3.63) is 45.4 Å². The van der Waals surface area contributed by atoms with Crippen LogP contribution in [0.25, 0.3) is 0 Å². The quantitative estimate of drug-likeness (QED) is 0.850. The Morgan fingerprint density at radius 3 is 2.90 bits per heavy atom. The van der Waals surface area contributed by atoms with E-state index >= 15 is 0 Å². The number of carbonyl (C=O) groups excluding carboxylic acids is 1. The van der Waals surface area contributed by atoms with Crippen molar-refractivity contribution in [2.75, 3.05) is 0 Å². The zero-order chi connectivity index (χ0) is 14.7. The first-order valence-electron chi connectivity index (χ1n) is 6.46. The van der Waals surface area contributed by atoms with Crippen molar-refractivity contribution in [2.45, 2.75) is 33.4 Å². The van der Waals surface area contributed by atoms with Gasteiger partial charge < -0.3 is 5.73 Å². The highest BCUT2D eigenvalue weighted by Gasteiger charge is 2.17. The smallest absolute Gasteiger partial charge is 0.168 e. The van der Waals surface area contributed by atoms with Gasteiger partial charge in [0.25, 0.3) is 0 Å². The molecule has 0 atom stereocenters. The summed E-state index contributed by atoms with van der Waals surface area (Å²) in [5, 5.41) is 4.39. The average molecular weight is 337 g/mol. The van der Waals surface area contributed by atoms with E-state index < -0.39 is 0 Å². The summed E-state index contributed by atoms with van der Waals surface area (Å²) in [6.07, 6.45) is 1.93. The Labute approximate surface area is 126 Å². The molecule has 6 heteroatoms. The van der Waals surface area contributed by atoms with Crippen LogP contribution in [0.2, 0.25) is 0 Å². The largest absolute Gasteiger partial charge is 0.325 e. The molecule has 0 saturated carbocycles. The van der Waals surface area contributed by atoms with Gasteiger partial charge in [0.1, 0.15) is 0 Å². The number of hydrogen-bond acceptors (Lipinski definition) is 4. The van der Waals surface area contributed by atoms with Crippen LogP contribution < -0.4 is 5.73 Å². The number of nitrogens with zero attached hydrogens (tertiary/aromatic N) is 3. The lowest BCUT2D eigenvalue weighted by molar-refractivity contribution is 0.0990. The highest BCUT2D eigenvalue weighted by Crippen LogP contribution is 2.22. The van der Waals surface area contributed by atoms with Gasteiger partial charge in [-0.3, -0.25) is 14.5 Å². The summed E-state index contributed by atoms with van der Waals surface area (Å²) in [4.78, 5) is 16.5. The summed E-state index contributed by atoms with van der Waals surface area (Å²) in [6.45, 7) is 4.99. The second kappa shape index (κ2) is 6.28. The first-order chi connectivity index (χ1) is 9.56. The summed E-state index contributed by atoms with van der Waals surface area (Å²) >= 11 is 3.50. The number of pyridine rings is 1. The van der Waals surface area contributed by atoms with Gasteiger partial charge in [0, 0.05) is 24.8 Å². The van der Waals surface area contributed by atoms with Crippen LogP contribution in [0.3, 0.4) is 0 Å². The van der Waals surface area contributed by atoms with Crippen molar-refractivity contribution in [3.8, 4) is 0 Å².